The van der Waals surface area contributed by atoms with E-state index in [2.05, 4.69) is 5.32 Å². The predicted molar refractivity (Wildman–Crippen MR) is 101 cm³/mol. The molecule has 2 aliphatic rings. The van der Waals surface area contributed by atoms with Gasteiger partial charge in [0, 0.05) is 30.4 Å². The summed E-state index contributed by atoms with van der Waals surface area (Å²) >= 11 is 0. The van der Waals surface area contributed by atoms with Gasteiger partial charge in [0.05, 0.1) is 13.2 Å². The monoisotopic (exact) mass is 459 g/mol. The molecule has 1 saturated heterocycles. The summed E-state index contributed by atoms with van der Waals surface area (Å²) in [5.41, 5.74) is -1.87. The van der Waals surface area contributed by atoms with E-state index in [0.29, 0.717) is 19.1 Å². The molecule has 0 saturated carbocycles. The van der Waals surface area contributed by atoms with Crippen molar-refractivity contribution in [2.24, 2.45) is 0 Å². The Labute approximate surface area is 203 Å². The first-order valence-corrected chi connectivity index (χ1v) is 9.38. The third kappa shape index (κ3) is 4.57. The van der Waals surface area contributed by atoms with Gasteiger partial charge in [-0.2, -0.15) is 0 Å². The quantitative estimate of drug-likeness (QED) is 0.485. The zero-order chi connectivity index (χ0) is 21.6. The molecule has 3 N–H and O–H groups in total. The number of hydrogen-bond acceptors (Lipinski definition) is 5. The fourth-order valence-corrected chi connectivity index (χ4v) is 3.74. The number of hydrogen-bond donors (Lipinski definition) is 1. The van der Waals surface area contributed by atoms with E-state index in [4.69, 9.17) is 4.74 Å². The van der Waals surface area contributed by atoms with Gasteiger partial charge in [-0.05, 0) is 25.2 Å². The van der Waals surface area contributed by atoms with E-state index < -0.39 is 46.4 Å². The first-order chi connectivity index (χ1) is 14.3. The zero-order valence-corrected chi connectivity index (χ0v) is 19.5. The van der Waals surface area contributed by atoms with Crippen LogP contribution in [-0.4, -0.2) is 45.6 Å². The number of nitrogens with one attached hydrogen (secondary N) is 1. The van der Waals surface area contributed by atoms with E-state index in [0.717, 1.165) is 12.3 Å². The molecule has 1 aromatic heterocycles. The van der Waals surface area contributed by atoms with Crippen molar-refractivity contribution >= 4 is 11.8 Å². The largest absolute Gasteiger partial charge is 1.00 e. The van der Waals surface area contributed by atoms with Gasteiger partial charge in [0.2, 0.25) is 0 Å². The van der Waals surface area contributed by atoms with Gasteiger partial charge in [0.1, 0.15) is 22.9 Å². The Kier molecular flexibility index (Phi) is 8.18. The van der Waals surface area contributed by atoms with Crippen LogP contribution < -0.4 is 45.4 Å². The molecule has 12 heteroatoms. The van der Waals surface area contributed by atoms with Crippen LogP contribution in [0.2, 0.25) is 0 Å². The third-order valence-electron chi connectivity index (χ3n) is 5.36. The van der Waals surface area contributed by atoms with Gasteiger partial charge in [0.15, 0.2) is 11.7 Å². The molecular formula is C20H20F2N3NaO6. The average molecular weight is 459 g/mol. The van der Waals surface area contributed by atoms with Gasteiger partial charge in [-0.25, -0.2) is 8.78 Å². The van der Waals surface area contributed by atoms with Crippen LogP contribution in [0.5, 0.6) is 5.75 Å². The molecule has 32 heavy (non-hydrogen) atoms. The number of carbonyl (C=O) groups excluding carboxylic acids is 2. The number of pyridine rings is 1. The fourth-order valence-electron chi connectivity index (χ4n) is 3.74. The van der Waals surface area contributed by atoms with Gasteiger partial charge < -0.3 is 30.1 Å². The second-order valence-electron chi connectivity index (χ2n) is 7.30. The topological polar surface area (TPSA) is 135 Å². The van der Waals surface area contributed by atoms with E-state index in [1.54, 1.807) is 0 Å². The Bertz CT molecular complexity index is 1110. The average Bonchev–Trinajstić information content (AvgIpc) is 2.69. The zero-order valence-electron chi connectivity index (χ0n) is 17.5. The Hall–Kier alpha value is -2.31. The van der Waals surface area contributed by atoms with E-state index >= 15 is 0 Å². The van der Waals surface area contributed by atoms with E-state index in [9.17, 15) is 28.3 Å². The van der Waals surface area contributed by atoms with Gasteiger partial charge in [-0.15, -0.1) is 0 Å². The second-order valence-corrected chi connectivity index (χ2v) is 7.30. The normalized spacial score (nSPS) is 19.2. The molecule has 2 amide bonds. The van der Waals surface area contributed by atoms with Crippen LogP contribution in [0.3, 0.4) is 0 Å². The summed E-state index contributed by atoms with van der Waals surface area (Å²) in [4.78, 5) is 39.2. The molecule has 3 heterocycles. The maximum atomic E-state index is 13.7. The molecule has 166 valence electrons. The minimum atomic E-state index is -1.12. The number of fused-ring (bicyclic) bond motifs is 2. The Morgan fingerprint density at radius 1 is 1.31 bits per heavy atom. The summed E-state index contributed by atoms with van der Waals surface area (Å²) in [5.74, 6) is -4.19. The second kappa shape index (κ2) is 10.1. The Morgan fingerprint density at radius 3 is 2.72 bits per heavy atom. The first-order valence-electron chi connectivity index (χ1n) is 9.38. The number of aromatic nitrogens is 1. The number of benzene rings is 1. The maximum absolute atomic E-state index is 13.7. The van der Waals surface area contributed by atoms with Crippen LogP contribution in [-0.2, 0) is 17.8 Å². The summed E-state index contributed by atoms with van der Waals surface area (Å²) in [6.07, 6.45) is 1.16. The van der Waals surface area contributed by atoms with Gasteiger partial charge in [-0.3, -0.25) is 14.4 Å². The number of ether oxygens (including phenoxy) is 1. The van der Waals surface area contributed by atoms with Gasteiger partial charge >= 0.3 is 29.6 Å². The summed E-state index contributed by atoms with van der Waals surface area (Å²) < 4.78 is 33.6. The van der Waals surface area contributed by atoms with E-state index in [-0.39, 0.29) is 65.4 Å². The molecule has 2 atom stereocenters. The summed E-state index contributed by atoms with van der Waals surface area (Å²) in [5, 5.41) is 14.9. The summed E-state index contributed by atoms with van der Waals surface area (Å²) in [7, 11) is 0. The smallest absolute Gasteiger partial charge is 0.868 e. The van der Waals surface area contributed by atoms with Crippen LogP contribution >= 0.6 is 0 Å². The number of amides is 2. The number of halogens is 2. The minimum absolute atomic E-state index is 0. The molecule has 1 aromatic carbocycles. The molecule has 1 fully saturated rings. The van der Waals surface area contributed by atoms with Crippen molar-refractivity contribution in [2.45, 2.75) is 38.7 Å². The van der Waals surface area contributed by atoms with Crippen LogP contribution in [0, 0.1) is 11.6 Å². The summed E-state index contributed by atoms with van der Waals surface area (Å²) in [6, 6.07) is 2.73. The first kappa shape index (κ1) is 25.9. The molecule has 0 aliphatic carbocycles. The number of nitrogens with zero attached hydrogens (tertiary/aromatic N) is 2. The fraction of sp³-hybridized carbons (Fsp3) is 0.350. The predicted octanol–water partition coefficient (Wildman–Crippen LogP) is -3.10. The number of carbonyl (C=O) groups is 2. The Morgan fingerprint density at radius 2 is 2.03 bits per heavy atom. The number of rotatable bonds is 3. The van der Waals surface area contributed by atoms with Gasteiger partial charge in [-0.1, -0.05) is 6.07 Å². The van der Waals surface area contributed by atoms with Crippen LogP contribution in [0.4, 0.5) is 8.78 Å². The van der Waals surface area contributed by atoms with Crippen molar-refractivity contribution in [3.63, 3.8) is 0 Å². The standard InChI is InChI=1S/C20H19F2N3O5.Na.H2O/c1-10-4-5-30-15-9-24-8-13(17(26)18(27)16(24)20(29)25(10)15)19(28)23-7-11-2-3-12(21)6-14(11)22;;/h2-3,6,8,10,15,27H,4-5,7,9H2,1H3,(H,23,28);;1H2/q;+1;/p-1/t10-,15+;;/m1../s1. The molecular weight excluding hydrogens is 439 g/mol. The summed E-state index contributed by atoms with van der Waals surface area (Å²) in [6.45, 7) is 2.08. The SMILES string of the molecule is C[C@@H]1CCO[C@H]2Cn3cc(C(=O)NCc4ccc(F)cc4F)c(=O)c([O-])c3C(=O)N12.O.[Na+]. The maximum Gasteiger partial charge on any atom is 1.00 e. The minimum Gasteiger partial charge on any atom is -0.868 e. The van der Waals surface area contributed by atoms with Crippen molar-refractivity contribution in [3.8, 4) is 5.75 Å². The van der Waals surface area contributed by atoms with Crippen molar-refractivity contribution in [3.05, 3.63) is 63.1 Å². The molecule has 2 aliphatic heterocycles. The van der Waals surface area contributed by atoms with Crippen LogP contribution in [0.15, 0.2) is 29.2 Å². The van der Waals surface area contributed by atoms with Crippen molar-refractivity contribution in [2.75, 3.05) is 6.61 Å². The third-order valence-corrected chi connectivity index (χ3v) is 5.36. The molecule has 2 aromatic rings. The van der Waals surface area contributed by atoms with E-state index in [1.165, 1.54) is 15.5 Å². The molecule has 0 bridgehead atoms. The van der Waals surface area contributed by atoms with Crippen molar-refractivity contribution in [1.29, 1.82) is 0 Å². The Balaban J connectivity index is 0.00000181. The van der Waals surface area contributed by atoms with Crippen molar-refractivity contribution < 1.29 is 63.2 Å². The molecule has 0 spiro atoms. The van der Waals surface area contributed by atoms with Crippen LogP contribution in [0.25, 0.3) is 0 Å². The molecule has 0 unspecified atom stereocenters. The molecule has 0 radical (unpaired) electrons. The van der Waals surface area contributed by atoms with E-state index in [1.807, 2.05) is 6.92 Å². The van der Waals surface area contributed by atoms with Crippen molar-refractivity contribution in [1.82, 2.24) is 14.8 Å². The molecule has 9 nitrogen and oxygen atoms in total. The molecule has 4 rings (SSSR count). The van der Waals surface area contributed by atoms with Crippen LogP contribution in [0.1, 0.15) is 39.8 Å². The van der Waals surface area contributed by atoms with Gasteiger partial charge in [0.25, 0.3) is 11.8 Å².